The highest BCUT2D eigenvalue weighted by atomic mass is 16.3. The molecule has 0 saturated carbocycles. The van der Waals surface area contributed by atoms with Gasteiger partial charge in [-0.05, 0) is 188 Å². The third-order valence-corrected chi connectivity index (χ3v) is 18.7. The van der Waals surface area contributed by atoms with Gasteiger partial charge in [-0.15, -0.1) is 0 Å². The Labute approximate surface area is 435 Å². The van der Waals surface area contributed by atoms with Crippen LogP contribution in [-0.2, 0) is 21.7 Å². The quantitative estimate of drug-likeness (QED) is 0.164. The molecule has 4 nitrogen and oxygen atoms in total. The van der Waals surface area contributed by atoms with Crippen molar-refractivity contribution in [2.24, 2.45) is 0 Å². The van der Waals surface area contributed by atoms with Crippen LogP contribution in [0.1, 0.15) is 109 Å². The molecule has 4 aliphatic rings. The molecule has 0 fully saturated rings. The number of aromatic nitrogens is 1. The Morgan fingerprint density at radius 1 is 0.473 bits per heavy atom. The molecule has 2 aromatic heterocycles. The summed E-state index contributed by atoms with van der Waals surface area (Å²) >= 11 is 0. The zero-order valence-electron chi connectivity index (χ0n) is 44.2. The van der Waals surface area contributed by atoms with E-state index in [0.717, 1.165) is 53.1 Å². The molecule has 4 heterocycles. The molecule has 2 aliphatic heterocycles. The second-order valence-corrected chi connectivity index (χ2v) is 25.1. The third-order valence-electron chi connectivity index (χ3n) is 18.7. The van der Waals surface area contributed by atoms with Gasteiger partial charge in [0.2, 0.25) is 0 Å². The minimum atomic E-state index is -0.148. The maximum atomic E-state index is 7.58. The number of nitrogens with zero attached hydrogens (tertiary/aromatic N) is 3. The monoisotopic (exact) mass is 959 g/mol. The van der Waals surface area contributed by atoms with E-state index in [2.05, 4.69) is 240 Å². The smallest absolute Gasteiger partial charge is 0.333 e. The summed E-state index contributed by atoms with van der Waals surface area (Å²) in [5.41, 5.74) is 23.7. The van der Waals surface area contributed by atoms with E-state index in [4.69, 9.17) is 4.42 Å². The lowest BCUT2D eigenvalue weighted by molar-refractivity contribution is 0.332. The molecule has 0 bridgehead atoms. The van der Waals surface area contributed by atoms with Crippen molar-refractivity contribution in [2.75, 3.05) is 9.71 Å². The number of aryl methyl sites for hydroxylation is 1. The molecule has 362 valence electrons. The summed E-state index contributed by atoms with van der Waals surface area (Å²) in [6.45, 7) is 21.8. The summed E-state index contributed by atoms with van der Waals surface area (Å²) < 4.78 is 10.2. The lowest BCUT2D eigenvalue weighted by atomic mass is 9.43. The van der Waals surface area contributed by atoms with Crippen LogP contribution in [0.25, 0.3) is 71.3 Å². The van der Waals surface area contributed by atoms with Gasteiger partial charge in [-0.2, -0.15) is 0 Å². The van der Waals surface area contributed by atoms with Crippen molar-refractivity contribution >= 4 is 101 Å². The van der Waals surface area contributed by atoms with Gasteiger partial charge in [-0.25, -0.2) is 0 Å². The molecule has 15 rings (SSSR count). The second-order valence-electron chi connectivity index (χ2n) is 25.1. The topological polar surface area (TPSA) is 24.6 Å². The van der Waals surface area contributed by atoms with Crippen LogP contribution in [0.5, 0.6) is 0 Å². The maximum Gasteiger partial charge on any atom is 0.333 e. The van der Waals surface area contributed by atoms with E-state index in [9.17, 15) is 0 Å². The molecule has 0 N–H and O–H groups in total. The Morgan fingerprint density at radius 3 is 1.73 bits per heavy atom. The number of furan rings is 1. The molecule has 0 saturated heterocycles. The molecule has 0 radical (unpaired) electrons. The fraction of sp³-hybridized carbons (Fsp3) is 0.246. The maximum absolute atomic E-state index is 7.58. The summed E-state index contributed by atoms with van der Waals surface area (Å²) in [5.74, 6) is 0. The van der Waals surface area contributed by atoms with Gasteiger partial charge < -0.3 is 18.7 Å². The van der Waals surface area contributed by atoms with E-state index in [0.29, 0.717) is 0 Å². The van der Waals surface area contributed by atoms with Gasteiger partial charge in [-0.1, -0.05) is 140 Å². The molecule has 2 aliphatic carbocycles. The molecule has 0 amide bonds. The second kappa shape index (κ2) is 14.8. The van der Waals surface area contributed by atoms with E-state index in [-0.39, 0.29) is 28.5 Å². The first-order valence-electron chi connectivity index (χ1n) is 27.1. The number of rotatable bonds is 4. The Bertz CT molecular complexity index is 4190. The molecule has 11 aromatic rings. The van der Waals surface area contributed by atoms with Gasteiger partial charge >= 0.3 is 6.85 Å². The van der Waals surface area contributed by atoms with Crippen molar-refractivity contribution in [1.29, 1.82) is 0 Å². The summed E-state index contributed by atoms with van der Waals surface area (Å²) in [6, 6.07) is 62.6. The van der Waals surface area contributed by atoms with Crippen molar-refractivity contribution in [3.8, 4) is 16.8 Å². The van der Waals surface area contributed by atoms with Crippen LogP contribution in [0.4, 0.5) is 28.4 Å². The lowest BCUT2D eigenvalue weighted by Gasteiger charge is -2.46. The van der Waals surface area contributed by atoms with Crippen molar-refractivity contribution in [2.45, 2.75) is 110 Å². The van der Waals surface area contributed by atoms with Gasteiger partial charge in [0.05, 0.1) is 11.0 Å². The van der Waals surface area contributed by atoms with E-state index in [1.165, 1.54) is 111 Å². The minimum absolute atomic E-state index is 0.0204. The fourth-order valence-corrected chi connectivity index (χ4v) is 14.4. The normalized spacial score (nSPS) is 17.4. The predicted octanol–water partition coefficient (Wildman–Crippen LogP) is 17.6. The van der Waals surface area contributed by atoms with Crippen LogP contribution < -0.4 is 20.6 Å². The first-order valence-corrected chi connectivity index (χ1v) is 27.1. The van der Waals surface area contributed by atoms with Crippen LogP contribution in [0.3, 0.4) is 0 Å². The summed E-state index contributed by atoms with van der Waals surface area (Å²) in [5, 5.41) is 7.41. The van der Waals surface area contributed by atoms with Crippen molar-refractivity contribution in [3.63, 3.8) is 0 Å². The first kappa shape index (κ1) is 44.0. The van der Waals surface area contributed by atoms with Gasteiger partial charge in [0.1, 0.15) is 11.2 Å². The van der Waals surface area contributed by atoms with Crippen molar-refractivity contribution in [3.05, 3.63) is 192 Å². The highest BCUT2D eigenvalue weighted by Gasteiger charge is 2.47. The van der Waals surface area contributed by atoms with Gasteiger partial charge in [0.25, 0.3) is 0 Å². The molecule has 74 heavy (non-hydrogen) atoms. The van der Waals surface area contributed by atoms with E-state index < -0.39 is 0 Å². The number of hydrogen-bond acceptors (Lipinski definition) is 3. The fourth-order valence-electron chi connectivity index (χ4n) is 14.4. The molecule has 0 spiro atoms. The standard InChI is InChI=1S/C69H62BN3O/c1-41-33-52-54(68(6,7)31-29-66(52,2)3)39-58(41)73-57-28-27-48-50-38-53-55(69(8,9)32-30-67(53,4)5)40-61(50)74-65(48)62(57)51-36-46(71(44-21-12-10-13-22-44)45-23-14-11-15-24-45)37-60-63(51)70(73)56-26-18-25-47-49-34-42-19-16-17-20-43(42)35-59(49)72(60)64(47)56/h10-28,33-40H,29-32H2,1-9H3. The molecule has 5 heteroatoms. The number of hydrogen-bond donors (Lipinski definition) is 0. The third kappa shape index (κ3) is 5.98. The zero-order chi connectivity index (χ0) is 50.4. The minimum Gasteiger partial charge on any atom is -0.455 e. The lowest BCUT2D eigenvalue weighted by Crippen LogP contribution is -2.60. The molecule has 0 atom stereocenters. The van der Waals surface area contributed by atoms with Crippen LogP contribution in [0.15, 0.2) is 168 Å². The molecular weight excluding hydrogens is 898 g/mol. The van der Waals surface area contributed by atoms with Crippen LogP contribution in [0.2, 0.25) is 0 Å². The highest BCUT2D eigenvalue weighted by molar-refractivity contribution is 6.93. The summed E-state index contributed by atoms with van der Waals surface area (Å²) in [4.78, 5) is 5.20. The predicted molar refractivity (Wildman–Crippen MR) is 315 cm³/mol. The number of fused-ring (bicyclic) bond motifs is 14. The van der Waals surface area contributed by atoms with Crippen molar-refractivity contribution in [1.82, 2.24) is 4.57 Å². The van der Waals surface area contributed by atoms with Gasteiger partial charge in [-0.3, -0.25) is 0 Å². The summed E-state index contributed by atoms with van der Waals surface area (Å²) in [6.07, 6.45) is 4.63. The van der Waals surface area contributed by atoms with Crippen LogP contribution in [-0.4, -0.2) is 11.4 Å². The average Bonchev–Trinajstić information content (AvgIpc) is 3.93. The van der Waals surface area contributed by atoms with Gasteiger partial charge in [0, 0.05) is 61.2 Å². The number of para-hydroxylation sites is 3. The number of benzene rings is 9. The van der Waals surface area contributed by atoms with Crippen molar-refractivity contribution < 1.29 is 4.42 Å². The Hall–Kier alpha value is -7.50. The molecule has 9 aromatic carbocycles. The van der Waals surface area contributed by atoms with E-state index >= 15 is 0 Å². The van der Waals surface area contributed by atoms with Gasteiger partial charge in [0.15, 0.2) is 0 Å². The van der Waals surface area contributed by atoms with E-state index in [1.807, 2.05) is 0 Å². The molecule has 0 unspecified atom stereocenters. The molecular formula is C69H62BN3O. The highest BCUT2D eigenvalue weighted by Crippen LogP contribution is 2.55. The Morgan fingerprint density at radius 2 is 1.07 bits per heavy atom. The van der Waals surface area contributed by atoms with Crippen LogP contribution in [0, 0.1) is 6.92 Å². The number of anilines is 5. The Balaban J connectivity index is 1.13. The van der Waals surface area contributed by atoms with E-state index in [1.54, 1.807) is 0 Å². The Kier molecular flexibility index (Phi) is 8.83. The first-order chi connectivity index (χ1) is 35.6. The SMILES string of the molecule is Cc1cc2c(cc1N1B3c4c(cc(N(c5ccccc5)c5ccccc5)cc4-n4c5cc6ccccc6cc5c5cccc3c54)-c3c1ccc1c3oc3cc4c(cc31)C(C)(C)CCC4(C)C)C(C)(C)CCC2(C)C. The summed E-state index contributed by atoms with van der Waals surface area (Å²) in [7, 11) is 0. The largest absolute Gasteiger partial charge is 0.455 e. The van der Waals surface area contributed by atoms with Crippen LogP contribution >= 0.6 is 0 Å². The zero-order valence-corrected chi connectivity index (χ0v) is 44.2. The average molecular weight is 960 g/mol.